The molecule has 1 saturated heterocycles. The number of rotatable bonds is 5. The second-order valence-electron chi connectivity index (χ2n) is 5.03. The molecule has 1 fully saturated rings. The van der Waals surface area contributed by atoms with E-state index in [0.29, 0.717) is 6.61 Å². The molecule has 2 aromatic carbocycles. The molecular weight excluding hydrogens is 286 g/mol. The maximum Gasteiger partial charge on any atom is 0.338 e. The number of nitrogens with zero attached hydrogens (tertiary/aromatic N) is 1. The topological polar surface area (TPSA) is 82.0 Å². The third-order valence-electron chi connectivity index (χ3n) is 3.54. The summed E-state index contributed by atoms with van der Waals surface area (Å²) in [4.78, 5) is 22.0. The minimum atomic E-state index is -0.558. The summed E-state index contributed by atoms with van der Waals surface area (Å²) in [5.74, 6) is -0.527. The van der Waals surface area contributed by atoms with E-state index in [1.165, 1.54) is 24.3 Å². The van der Waals surface area contributed by atoms with Crippen molar-refractivity contribution in [2.75, 3.05) is 13.2 Å². The van der Waals surface area contributed by atoms with Crippen molar-refractivity contribution in [2.45, 2.75) is 5.60 Å². The quantitative estimate of drug-likeness (QED) is 0.367. The highest BCUT2D eigenvalue weighted by Crippen LogP contribution is 2.38. The Hall–Kier alpha value is -2.73. The van der Waals surface area contributed by atoms with Gasteiger partial charge in [-0.25, -0.2) is 4.79 Å². The molecule has 6 heteroatoms. The van der Waals surface area contributed by atoms with Gasteiger partial charge in [0, 0.05) is 12.1 Å². The van der Waals surface area contributed by atoms with Gasteiger partial charge in [0.2, 0.25) is 0 Å². The van der Waals surface area contributed by atoms with Crippen LogP contribution in [0.15, 0.2) is 54.6 Å². The first-order valence-corrected chi connectivity index (χ1v) is 6.72. The Balaban J connectivity index is 1.64. The lowest BCUT2D eigenvalue weighted by atomic mass is 10.0. The smallest absolute Gasteiger partial charge is 0.338 e. The summed E-state index contributed by atoms with van der Waals surface area (Å²) in [5, 5.41) is 10.6. The summed E-state index contributed by atoms with van der Waals surface area (Å²) in [6.07, 6.45) is 0. The summed E-state index contributed by atoms with van der Waals surface area (Å²) < 4.78 is 10.7. The second kappa shape index (κ2) is 5.57. The molecule has 1 heterocycles. The third-order valence-corrected chi connectivity index (χ3v) is 3.54. The van der Waals surface area contributed by atoms with Gasteiger partial charge in [0.15, 0.2) is 5.60 Å². The molecule has 0 spiro atoms. The Labute approximate surface area is 126 Å². The maximum atomic E-state index is 12.0. The molecule has 1 aliphatic heterocycles. The van der Waals surface area contributed by atoms with Crippen LogP contribution < -0.4 is 0 Å². The van der Waals surface area contributed by atoms with E-state index in [1.54, 1.807) is 0 Å². The number of esters is 1. The predicted molar refractivity (Wildman–Crippen MR) is 77.5 cm³/mol. The largest absolute Gasteiger partial charge is 0.459 e. The Morgan fingerprint density at radius 1 is 1.18 bits per heavy atom. The molecule has 0 saturated carbocycles. The zero-order valence-electron chi connectivity index (χ0n) is 11.6. The van der Waals surface area contributed by atoms with Crippen LogP contribution in [0.5, 0.6) is 0 Å². The van der Waals surface area contributed by atoms with Gasteiger partial charge in [-0.2, -0.15) is 0 Å². The average Bonchev–Trinajstić information content (AvgIpc) is 3.35. The third kappa shape index (κ3) is 2.82. The Morgan fingerprint density at radius 3 is 2.36 bits per heavy atom. The minimum Gasteiger partial charge on any atom is -0.459 e. The molecular formula is C16H13NO5. The molecule has 112 valence electrons. The zero-order chi connectivity index (χ0) is 15.6. The van der Waals surface area contributed by atoms with Crippen LogP contribution in [0.4, 0.5) is 5.69 Å². The van der Waals surface area contributed by atoms with Crippen molar-refractivity contribution in [3.05, 3.63) is 75.8 Å². The standard InChI is InChI=1S/C16H13NO5/c18-15(12-6-8-14(9-7-12)17(19)20)21-10-16(11-22-16)13-4-2-1-3-5-13/h1-9H,10-11H2. The monoisotopic (exact) mass is 299 g/mol. The molecule has 0 amide bonds. The number of nitro groups is 1. The van der Waals surface area contributed by atoms with Crippen molar-refractivity contribution in [1.82, 2.24) is 0 Å². The molecule has 0 radical (unpaired) electrons. The second-order valence-corrected chi connectivity index (χ2v) is 5.03. The molecule has 3 rings (SSSR count). The Kier molecular flexibility index (Phi) is 3.60. The van der Waals surface area contributed by atoms with Crippen LogP contribution in [0.1, 0.15) is 15.9 Å². The molecule has 0 aliphatic carbocycles. The normalized spacial score (nSPS) is 19.5. The van der Waals surface area contributed by atoms with Crippen LogP contribution in [0, 0.1) is 10.1 Å². The average molecular weight is 299 g/mol. The number of hydrogen-bond acceptors (Lipinski definition) is 5. The van der Waals surface area contributed by atoms with Crippen LogP contribution in [0.25, 0.3) is 0 Å². The molecule has 1 aliphatic rings. The molecule has 22 heavy (non-hydrogen) atoms. The van der Waals surface area contributed by atoms with E-state index in [1.807, 2.05) is 30.3 Å². The molecule has 0 aromatic heterocycles. The number of hydrogen-bond donors (Lipinski definition) is 0. The van der Waals surface area contributed by atoms with E-state index in [-0.39, 0.29) is 17.9 Å². The van der Waals surface area contributed by atoms with Gasteiger partial charge in [-0.05, 0) is 17.7 Å². The van der Waals surface area contributed by atoms with Gasteiger partial charge in [-0.1, -0.05) is 30.3 Å². The minimum absolute atomic E-state index is 0.0668. The number of epoxide rings is 1. The van der Waals surface area contributed by atoms with Gasteiger partial charge < -0.3 is 9.47 Å². The summed E-state index contributed by atoms with van der Waals surface area (Å²) >= 11 is 0. The molecule has 2 aromatic rings. The van der Waals surface area contributed by atoms with Crippen LogP contribution >= 0.6 is 0 Å². The predicted octanol–water partition coefficient (Wildman–Crippen LogP) is 2.68. The van der Waals surface area contributed by atoms with E-state index in [2.05, 4.69) is 0 Å². The highest BCUT2D eigenvalue weighted by atomic mass is 16.6. The molecule has 0 N–H and O–H groups in total. The van der Waals surface area contributed by atoms with Gasteiger partial charge in [0.1, 0.15) is 6.61 Å². The van der Waals surface area contributed by atoms with E-state index in [0.717, 1.165) is 5.56 Å². The van der Waals surface area contributed by atoms with E-state index in [9.17, 15) is 14.9 Å². The first kappa shape index (κ1) is 14.2. The van der Waals surface area contributed by atoms with Crippen LogP contribution in [0.2, 0.25) is 0 Å². The molecule has 0 bridgehead atoms. The lowest BCUT2D eigenvalue weighted by Gasteiger charge is -2.12. The van der Waals surface area contributed by atoms with E-state index < -0.39 is 16.5 Å². The number of carbonyl (C=O) groups is 1. The highest BCUT2D eigenvalue weighted by molar-refractivity contribution is 5.89. The number of non-ortho nitro benzene ring substituents is 1. The van der Waals surface area contributed by atoms with Crippen molar-refractivity contribution in [3.8, 4) is 0 Å². The SMILES string of the molecule is O=C(OCC1(c2ccccc2)CO1)c1ccc([N+](=O)[O-])cc1. The Morgan fingerprint density at radius 2 is 1.82 bits per heavy atom. The van der Waals surface area contributed by atoms with Crippen molar-refractivity contribution in [3.63, 3.8) is 0 Å². The highest BCUT2D eigenvalue weighted by Gasteiger charge is 2.47. The molecule has 1 unspecified atom stereocenters. The maximum absolute atomic E-state index is 12.0. The first-order chi connectivity index (χ1) is 10.6. The zero-order valence-corrected chi connectivity index (χ0v) is 11.6. The van der Waals surface area contributed by atoms with Gasteiger partial charge in [0.05, 0.1) is 17.1 Å². The lowest BCUT2D eigenvalue weighted by molar-refractivity contribution is -0.384. The van der Waals surface area contributed by atoms with Crippen LogP contribution in [0.3, 0.4) is 0 Å². The number of nitro benzene ring substituents is 1. The van der Waals surface area contributed by atoms with Crippen molar-refractivity contribution in [2.24, 2.45) is 0 Å². The fourth-order valence-electron chi connectivity index (χ4n) is 2.15. The van der Waals surface area contributed by atoms with Crippen molar-refractivity contribution >= 4 is 11.7 Å². The fraction of sp³-hybridized carbons (Fsp3) is 0.188. The van der Waals surface area contributed by atoms with E-state index in [4.69, 9.17) is 9.47 Å². The summed E-state index contributed by atoms with van der Waals surface area (Å²) in [7, 11) is 0. The molecule has 1 atom stereocenters. The fourth-order valence-corrected chi connectivity index (χ4v) is 2.15. The van der Waals surface area contributed by atoms with Gasteiger partial charge >= 0.3 is 5.97 Å². The number of ether oxygens (including phenoxy) is 2. The number of benzene rings is 2. The first-order valence-electron chi connectivity index (χ1n) is 6.72. The van der Waals surface area contributed by atoms with Gasteiger partial charge in [0.25, 0.3) is 5.69 Å². The van der Waals surface area contributed by atoms with Gasteiger partial charge in [-0.15, -0.1) is 0 Å². The summed E-state index contributed by atoms with van der Waals surface area (Å²) in [6.45, 7) is 0.622. The van der Waals surface area contributed by atoms with Gasteiger partial charge in [-0.3, -0.25) is 10.1 Å². The Bertz CT molecular complexity index is 692. The summed E-state index contributed by atoms with van der Waals surface area (Å²) in [5.41, 5.74) is 0.612. The van der Waals surface area contributed by atoms with Crippen molar-refractivity contribution < 1.29 is 19.2 Å². The van der Waals surface area contributed by atoms with Crippen molar-refractivity contribution in [1.29, 1.82) is 0 Å². The van der Waals surface area contributed by atoms with Crippen LogP contribution in [-0.2, 0) is 15.1 Å². The van der Waals surface area contributed by atoms with Crippen LogP contribution in [-0.4, -0.2) is 24.1 Å². The lowest BCUT2D eigenvalue weighted by Crippen LogP contribution is -2.20. The molecule has 6 nitrogen and oxygen atoms in total. The summed E-state index contributed by atoms with van der Waals surface area (Å²) in [6, 6.07) is 14.9. The van der Waals surface area contributed by atoms with E-state index >= 15 is 0 Å². The number of carbonyl (C=O) groups excluding carboxylic acids is 1.